The SMILES string of the molecule is CC(C)c1ccc(C(=O)N2CC3(CN(Cc4ccccc4)CC3CN(C)C)C2)cc1. The van der Waals surface area contributed by atoms with Crippen molar-refractivity contribution in [1.29, 1.82) is 0 Å². The Kier molecular flexibility index (Phi) is 5.99. The van der Waals surface area contributed by atoms with Crippen LogP contribution < -0.4 is 0 Å². The number of benzene rings is 2. The van der Waals surface area contributed by atoms with Crippen molar-refractivity contribution in [3.8, 4) is 0 Å². The average molecular weight is 406 g/mol. The standard InChI is InChI=1S/C26H35N3O/c1-20(2)22-10-12-23(13-11-22)25(30)29-18-26(19-29)17-28(16-24(26)15-27(3)4)14-21-8-6-5-7-9-21/h5-13,20,24H,14-19H2,1-4H3. The smallest absolute Gasteiger partial charge is 0.253 e. The summed E-state index contributed by atoms with van der Waals surface area (Å²) >= 11 is 0. The fourth-order valence-electron chi connectivity index (χ4n) is 5.21. The van der Waals surface area contributed by atoms with Crippen LogP contribution in [0.4, 0.5) is 0 Å². The topological polar surface area (TPSA) is 26.8 Å². The minimum Gasteiger partial charge on any atom is -0.337 e. The Morgan fingerprint density at radius 3 is 2.30 bits per heavy atom. The molecule has 2 fully saturated rings. The number of amides is 1. The summed E-state index contributed by atoms with van der Waals surface area (Å²) < 4.78 is 0. The molecule has 4 heteroatoms. The Morgan fingerprint density at radius 2 is 1.70 bits per heavy atom. The van der Waals surface area contributed by atoms with E-state index in [0.717, 1.165) is 44.8 Å². The van der Waals surface area contributed by atoms with Crippen molar-refractivity contribution in [2.24, 2.45) is 11.3 Å². The highest BCUT2D eigenvalue weighted by molar-refractivity contribution is 5.95. The van der Waals surface area contributed by atoms with Crippen molar-refractivity contribution < 1.29 is 4.79 Å². The van der Waals surface area contributed by atoms with Gasteiger partial charge in [-0.05, 0) is 49.2 Å². The minimum absolute atomic E-state index is 0.182. The van der Waals surface area contributed by atoms with E-state index in [1.165, 1.54) is 11.1 Å². The lowest BCUT2D eigenvalue weighted by molar-refractivity contribution is -0.0154. The Hall–Kier alpha value is -2.17. The first-order valence-corrected chi connectivity index (χ1v) is 11.2. The maximum atomic E-state index is 13.1. The van der Waals surface area contributed by atoms with E-state index >= 15 is 0 Å². The zero-order valence-corrected chi connectivity index (χ0v) is 18.8. The van der Waals surface area contributed by atoms with E-state index in [-0.39, 0.29) is 11.3 Å². The lowest BCUT2D eigenvalue weighted by atomic mass is 9.71. The third-order valence-electron chi connectivity index (χ3n) is 6.84. The van der Waals surface area contributed by atoms with Crippen molar-refractivity contribution in [2.75, 3.05) is 46.8 Å². The van der Waals surface area contributed by atoms with E-state index < -0.39 is 0 Å². The third-order valence-corrected chi connectivity index (χ3v) is 6.84. The van der Waals surface area contributed by atoms with E-state index in [1.807, 2.05) is 12.1 Å². The van der Waals surface area contributed by atoms with Gasteiger partial charge in [0.15, 0.2) is 0 Å². The Bertz CT molecular complexity index is 854. The lowest BCUT2D eigenvalue weighted by Gasteiger charge is -2.51. The van der Waals surface area contributed by atoms with Gasteiger partial charge in [-0.2, -0.15) is 0 Å². The van der Waals surface area contributed by atoms with Crippen LogP contribution >= 0.6 is 0 Å². The number of carbonyl (C=O) groups is 1. The molecule has 0 N–H and O–H groups in total. The zero-order valence-electron chi connectivity index (χ0n) is 18.8. The van der Waals surface area contributed by atoms with Gasteiger partial charge in [0.1, 0.15) is 0 Å². The molecule has 160 valence electrons. The molecule has 2 aliphatic rings. The fraction of sp³-hybridized carbons (Fsp3) is 0.500. The van der Waals surface area contributed by atoms with Gasteiger partial charge in [-0.15, -0.1) is 0 Å². The van der Waals surface area contributed by atoms with Gasteiger partial charge in [-0.3, -0.25) is 9.69 Å². The van der Waals surface area contributed by atoms with E-state index in [9.17, 15) is 4.79 Å². The molecule has 2 aromatic carbocycles. The number of rotatable bonds is 6. The maximum Gasteiger partial charge on any atom is 0.253 e. The molecule has 30 heavy (non-hydrogen) atoms. The first kappa shape index (κ1) is 21.1. The zero-order chi connectivity index (χ0) is 21.3. The number of hydrogen-bond donors (Lipinski definition) is 0. The molecule has 4 nitrogen and oxygen atoms in total. The molecule has 0 saturated carbocycles. The quantitative estimate of drug-likeness (QED) is 0.728. The molecule has 1 unspecified atom stereocenters. The summed E-state index contributed by atoms with van der Waals surface area (Å²) in [6, 6.07) is 18.9. The molecular formula is C26H35N3O. The molecule has 0 aromatic heterocycles. The summed E-state index contributed by atoms with van der Waals surface area (Å²) in [5.41, 5.74) is 3.70. The summed E-state index contributed by atoms with van der Waals surface area (Å²) in [6.45, 7) is 10.4. The summed E-state index contributed by atoms with van der Waals surface area (Å²) in [6.07, 6.45) is 0. The van der Waals surface area contributed by atoms with Crippen LogP contribution in [0, 0.1) is 11.3 Å². The summed E-state index contributed by atoms with van der Waals surface area (Å²) in [5, 5.41) is 0. The van der Waals surface area contributed by atoms with E-state index in [4.69, 9.17) is 0 Å². The highest BCUT2D eigenvalue weighted by Crippen LogP contribution is 2.45. The predicted octanol–water partition coefficient (Wildman–Crippen LogP) is 3.95. The molecule has 2 heterocycles. The molecule has 1 atom stereocenters. The van der Waals surface area contributed by atoms with Crippen LogP contribution in [0.1, 0.15) is 41.3 Å². The van der Waals surface area contributed by atoms with Crippen LogP contribution in [0.25, 0.3) is 0 Å². The molecular weight excluding hydrogens is 370 g/mol. The molecule has 0 aliphatic carbocycles. The van der Waals surface area contributed by atoms with E-state index in [1.54, 1.807) is 0 Å². The van der Waals surface area contributed by atoms with Gasteiger partial charge in [0, 0.05) is 50.2 Å². The first-order valence-electron chi connectivity index (χ1n) is 11.2. The number of hydrogen-bond acceptors (Lipinski definition) is 3. The van der Waals surface area contributed by atoms with Gasteiger partial charge < -0.3 is 9.80 Å². The minimum atomic E-state index is 0.182. The van der Waals surface area contributed by atoms with Crippen LogP contribution in [0.2, 0.25) is 0 Å². The molecule has 2 saturated heterocycles. The number of nitrogens with zero attached hydrogens (tertiary/aromatic N) is 3. The van der Waals surface area contributed by atoms with Gasteiger partial charge in [0.25, 0.3) is 5.91 Å². The van der Waals surface area contributed by atoms with E-state index in [0.29, 0.717) is 11.8 Å². The summed E-state index contributed by atoms with van der Waals surface area (Å²) in [5.74, 6) is 1.27. The van der Waals surface area contributed by atoms with Crippen molar-refractivity contribution in [3.05, 3.63) is 71.3 Å². The van der Waals surface area contributed by atoms with Crippen molar-refractivity contribution in [3.63, 3.8) is 0 Å². The van der Waals surface area contributed by atoms with Gasteiger partial charge in [-0.25, -0.2) is 0 Å². The van der Waals surface area contributed by atoms with Crippen LogP contribution in [0.5, 0.6) is 0 Å². The van der Waals surface area contributed by atoms with E-state index in [2.05, 4.69) is 85.1 Å². The van der Waals surface area contributed by atoms with Crippen LogP contribution in [-0.4, -0.2) is 67.4 Å². The normalized spacial score (nSPS) is 20.9. The van der Waals surface area contributed by atoms with Gasteiger partial charge >= 0.3 is 0 Å². The highest BCUT2D eigenvalue weighted by atomic mass is 16.2. The number of likely N-dealkylation sites (tertiary alicyclic amines) is 2. The Labute approximate surface area is 181 Å². The molecule has 0 radical (unpaired) electrons. The fourth-order valence-corrected chi connectivity index (χ4v) is 5.21. The van der Waals surface area contributed by atoms with Crippen molar-refractivity contribution in [1.82, 2.24) is 14.7 Å². The van der Waals surface area contributed by atoms with Gasteiger partial charge in [0.2, 0.25) is 0 Å². The third kappa shape index (κ3) is 4.30. The first-order chi connectivity index (χ1) is 14.4. The summed E-state index contributed by atoms with van der Waals surface area (Å²) in [4.78, 5) is 20.0. The molecule has 2 aromatic rings. The van der Waals surface area contributed by atoms with Crippen LogP contribution in [0.15, 0.2) is 54.6 Å². The largest absolute Gasteiger partial charge is 0.337 e. The lowest BCUT2D eigenvalue weighted by Crippen LogP contribution is -2.63. The molecule has 0 bridgehead atoms. The van der Waals surface area contributed by atoms with Crippen LogP contribution in [0.3, 0.4) is 0 Å². The second-order valence-electron chi connectivity index (χ2n) is 9.91. The van der Waals surface area contributed by atoms with Crippen molar-refractivity contribution in [2.45, 2.75) is 26.3 Å². The maximum absolute atomic E-state index is 13.1. The molecule has 1 amide bonds. The molecule has 1 spiro atoms. The molecule has 4 rings (SSSR count). The Morgan fingerprint density at radius 1 is 1.03 bits per heavy atom. The number of carbonyl (C=O) groups excluding carboxylic acids is 1. The Balaban J connectivity index is 1.43. The second kappa shape index (κ2) is 8.52. The summed E-state index contributed by atoms with van der Waals surface area (Å²) in [7, 11) is 4.32. The van der Waals surface area contributed by atoms with Crippen LogP contribution in [-0.2, 0) is 6.54 Å². The monoisotopic (exact) mass is 405 g/mol. The van der Waals surface area contributed by atoms with Crippen molar-refractivity contribution >= 4 is 5.91 Å². The predicted molar refractivity (Wildman–Crippen MR) is 123 cm³/mol. The van der Waals surface area contributed by atoms with Gasteiger partial charge in [-0.1, -0.05) is 56.3 Å². The molecule has 2 aliphatic heterocycles. The highest BCUT2D eigenvalue weighted by Gasteiger charge is 2.55. The van der Waals surface area contributed by atoms with Gasteiger partial charge in [0.05, 0.1) is 0 Å². The average Bonchev–Trinajstić information content (AvgIpc) is 3.04. The second-order valence-corrected chi connectivity index (χ2v) is 9.91.